The molecule has 2 atom stereocenters. The molecular weight excluding hydrogens is 236 g/mol. The normalized spacial score (nSPS) is 27.9. The van der Waals surface area contributed by atoms with E-state index in [-0.39, 0.29) is 11.8 Å². The Bertz CT molecular complexity index is 475. The van der Waals surface area contributed by atoms with Crippen molar-refractivity contribution in [2.45, 2.75) is 32.6 Å². The summed E-state index contributed by atoms with van der Waals surface area (Å²) in [6.07, 6.45) is 4.50. The third-order valence-electron chi connectivity index (χ3n) is 4.53. The van der Waals surface area contributed by atoms with Crippen molar-refractivity contribution in [3.8, 4) is 0 Å². The van der Waals surface area contributed by atoms with Crippen molar-refractivity contribution < 1.29 is 4.79 Å². The fraction of sp³-hybridized carbons (Fsp3) is 0.562. The predicted octanol–water partition coefficient (Wildman–Crippen LogP) is 3.06. The molecule has 2 fully saturated rings. The lowest BCUT2D eigenvalue weighted by Gasteiger charge is -2.27. The van der Waals surface area contributed by atoms with Crippen molar-refractivity contribution in [1.82, 2.24) is 0 Å². The fourth-order valence-electron chi connectivity index (χ4n) is 3.44. The molecule has 102 valence electrons. The number of carbonyl (C=O) groups excluding carboxylic acids is 1. The molecule has 0 aliphatic heterocycles. The standard InChI is InChI=1S/C16H22N2O/c1-2-7-18(15-6-4-3-5-14(15)17)16(19)13-9-11-8-12(11)10-13/h3-6,11-13H,2,7-10,17H2,1H3. The van der Waals surface area contributed by atoms with Gasteiger partial charge in [0, 0.05) is 12.5 Å². The highest BCUT2D eigenvalue weighted by Gasteiger charge is 2.48. The van der Waals surface area contributed by atoms with E-state index in [4.69, 9.17) is 5.73 Å². The maximum atomic E-state index is 12.7. The molecule has 3 rings (SSSR count). The molecule has 0 bridgehead atoms. The summed E-state index contributed by atoms with van der Waals surface area (Å²) in [6, 6.07) is 7.70. The van der Waals surface area contributed by atoms with E-state index in [1.165, 1.54) is 6.42 Å². The van der Waals surface area contributed by atoms with E-state index in [1.54, 1.807) is 0 Å². The fourth-order valence-corrected chi connectivity index (χ4v) is 3.44. The monoisotopic (exact) mass is 258 g/mol. The summed E-state index contributed by atoms with van der Waals surface area (Å²) >= 11 is 0. The molecule has 3 nitrogen and oxygen atoms in total. The van der Waals surface area contributed by atoms with Crippen LogP contribution in [0.2, 0.25) is 0 Å². The summed E-state index contributed by atoms with van der Waals surface area (Å²) in [5.74, 6) is 2.19. The maximum absolute atomic E-state index is 12.7. The van der Waals surface area contributed by atoms with Crippen molar-refractivity contribution in [3.05, 3.63) is 24.3 Å². The van der Waals surface area contributed by atoms with Gasteiger partial charge in [-0.3, -0.25) is 4.79 Å². The summed E-state index contributed by atoms with van der Waals surface area (Å²) < 4.78 is 0. The van der Waals surface area contributed by atoms with Crippen LogP contribution >= 0.6 is 0 Å². The molecule has 2 saturated carbocycles. The third kappa shape index (κ3) is 2.34. The van der Waals surface area contributed by atoms with Crippen LogP contribution in [0.3, 0.4) is 0 Å². The Balaban J connectivity index is 1.80. The Kier molecular flexibility index (Phi) is 3.21. The van der Waals surface area contributed by atoms with Crippen LogP contribution < -0.4 is 10.6 Å². The molecule has 1 aromatic rings. The summed E-state index contributed by atoms with van der Waals surface area (Å²) in [4.78, 5) is 14.6. The van der Waals surface area contributed by atoms with Crippen LogP contribution in [-0.4, -0.2) is 12.5 Å². The smallest absolute Gasteiger partial charge is 0.230 e. The van der Waals surface area contributed by atoms with E-state index in [0.717, 1.165) is 43.3 Å². The highest BCUT2D eigenvalue weighted by molar-refractivity contribution is 5.98. The lowest BCUT2D eigenvalue weighted by Crippen LogP contribution is -2.37. The molecule has 3 heteroatoms. The van der Waals surface area contributed by atoms with Crippen LogP contribution in [0.5, 0.6) is 0 Å². The quantitative estimate of drug-likeness (QED) is 0.844. The number of rotatable bonds is 4. The molecule has 2 aliphatic rings. The molecule has 0 radical (unpaired) electrons. The largest absolute Gasteiger partial charge is 0.397 e. The Hall–Kier alpha value is -1.51. The number of para-hydroxylation sites is 2. The number of benzene rings is 1. The van der Waals surface area contributed by atoms with Gasteiger partial charge in [-0.1, -0.05) is 19.1 Å². The van der Waals surface area contributed by atoms with Gasteiger partial charge in [0.1, 0.15) is 0 Å². The number of fused-ring (bicyclic) bond motifs is 1. The van der Waals surface area contributed by atoms with Crippen LogP contribution in [0, 0.1) is 17.8 Å². The van der Waals surface area contributed by atoms with E-state index in [2.05, 4.69) is 6.92 Å². The van der Waals surface area contributed by atoms with E-state index in [1.807, 2.05) is 29.2 Å². The van der Waals surface area contributed by atoms with E-state index in [9.17, 15) is 4.79 Å². The highest BCUT2D eigenvalue weighted by Crippen LogP contribution is 2.54. The van der Waals surface area contributed by atoms with Gasteiger partial charge in [-0.25, -0.2) is 0 Å². The van der Waals surface area contributed by atoms with Gasteiger partial charge in [0.05, 0.1) is 11.4 Å². The Morgan fingerprint density at radius 3 is 2.58 bits per heavy atom. The summed E-state index contributed by atoms with van der Waals surface area (Å²) in [5, 5.41) is 0. The topological polar surface area (TPSA) is 46.3 Å². The van der Waals surface area contributed by atoms with Crippen LogP contribution in [-0.2, 0) is 4.79 Å². The number of amides is 1. The van der Waals surface area contributed by atoms with Gasteiger partial charge in [-0.2, -0.15) is 0 Å². The minimum atomic E-state index is 0.231. The Morgan fingerprint density at radius 1 is 1.26 bits per heavy atom. The van der Waals surface area contributed by atoms with Gasteiger partial charge in [-0.15, -0.1) is 0 Å². The van der Waals surface area contributed by atoms with E-state index in [0.29, 0.717) is 5.69 Å². The van der Waals surface area contributed by atoms with Gasteiger partial charge in [-0.05, 0) is 49.7 Å². The maximum Gasteiger partial charge on any atom is 0.230 e. The van der Waals surface area contributed by atoms with Crippen molar-refractivity contribution in [1.29, 1.82) is 0 Å². The number of carbonyl (C=O) groups is 1. The molecule has 2 aliphatic carbocycles. The lowest BCUT2D eigenvalue weighted by molar-refractivity contribution is -0.122. The molecule has 0 heterocycles. The SMILES string of the molecule is CCCN(C(=O)C1CC2CC2C1)c1ccccc1N. The zero-order chi connectivity index (χ0) is 13.4. The van der Waals surface area contributed by atoms with Crippen LogP contribution in [0.1, 0.15) is 32.6 Å². The number of hydrogen-bond acceptors (Lipinski definition) is 2. The summed E-state index contributed by atoms with van der Waals surface area (Å²) in [6.45, 7) is 2.87. The lowest BCUT2D eigenvalue weighted by atomic mass is 10.0. The van der Waals surface area contributed by atoms with Crippen molar-refractivity contribution in [2.75, 3.05) is 17.2 Å². The molecule has 0 saturated heterocycles. The minimum Gasteiger partial charge on any atom is -0.397 e. The molecule has 2 unspecified atom stereocenters. The Labute approximate surface area is 114 Å². The molecule has 2 N–H and O–H groups in total. The number of anilines is 2. The van der Waals surface area contributed by atoms with Gasteiger partial charge in [0.2, 0.25) is 5.91 Å². The van der Waals surface area contributed by atoms with Gasteiger partial charge < -0.3 is 10.6 Å². The number of hydrogen-bond donors (Lipinski definition) is 1. The number of nitrogen functional groups attached to an aromatic ring is 1. The van der Waals surface area contributed by atoms with Crippen LogP contribution in [0.15, 0.2) is 24.3 Å². The second-order valence-electron chi connectivity index (χ2n) is 5.97. The van der Waals surface area contributed by atoms with Crippen molar-refractivity contribution >= 4 is 17.3 Å². The van der Waals surface area contributed by atoms with Crippen LogP contribution in [0.4, 0.5) is 11.4 Å². The molecule has 1 aromatic carbocycles. The van der Waals surface area contributed by atoms with Crippen molar-refractivity contribution in [2.24, 2.45) is 17.8 Å². The van der Waals surface area contributed by atoms with Crippen molar-refractivity contribution in [3.63, 3.8) is 0 Å². The van der Waals surface area contributed by atoms with E-state index >= 15 is 0 Å². The zero-order valence-corrected chi connectivity index (χ0v) is 11.5. The van der Waals surface area contributed by atoms with Gasteiger partial charge in [0.25, 0.3) is 0 Å². The average Bonchev–Trinajstić information content (AvgIpc) is 3.03. The molecule has 0 spiro atoms. The molecule has 19 heavy (non-hydrogen) atoms. The van der Waals surface area contributed by atoms with Crippen LogP contribution in [0.25, 0.3) is 0 Å². The second kappa shape index (κ2) is 4.87. The zero-order valence-electron chi connectivity index (χ0n) is 11.5. The minimum absolute atomic E-state index is 0.231. The second-order valence-corrected chi connectivity index (χ2v) is 5.97. The highest BCUT2D eigenvalue weighted by atomic mass is 16.2. The van der Waals surface area contributed by atoms with E-state index < -0.39 is 0 Å². The average molecular weight is 258 g/mol. The molecule has 1 amide bonds. The Morgan fingerprint density at radius 2 is 1.95 bits per heavy atom. The first kappa shape index (κ1) is 12.5. The van der Waals surface area contributed by atoms with Gasteiger partial charge >= 0.3 is 0 Å². The number of nitrogens with zero attached hydrogens (tertiary/aromatic N) is 1. The molecular formula is C16H22N2O. The predicted molar refractivity (Wildman–Crippen MR) is 77.8 cm³/mol. The first-order valence-corrected chi connectivity index (χ1v) is 7.36. The first-order valence-electron chi connectivity index (χ1n) is 7.36. The first-order chi connectivity index (χ1) is 9.20. The number of nitrogens with two attached hydrogens (primary N) is 1. The third-order valence-corrected chi connectivity index (χ3v) is 4.53. The summed E-state index contributed by atoms with van der Waals surface area (Å²) in [7, 11) is 0. The summed E-state index contributed by atoms with van der Waals surface area (Å²) in [5.41, 5.74) is 7.62. The molecule has 0 aromatic heterocycles. The van der Waals surface area contributed by atoms with Gasteiger partial charge in [0.15, 0.2) is 0 Å².